The monoisotopic (exact) mass is 229 g/mol. The van der Waals surface area contributed by atoms with E-state index in [1.807, 2.05) is 30.5 Å². The number of anilines is 1. The number of nitrogens with zero attached hydrogens (tertiary/aromatic N) is 2. The molecule has 0 bridgehead atoms. The van der Waals surface area contributed by atoms with E-state index in [9.17, 15) is 5.11 Å². The summed E-state index contributed by atoms with van der Waals surface area (Å²) in [5.41, 5.74) is 8.71. The number of hydrogen-bond donors (Lipinski definition) is 2. The molecule has 1 unspecified atom stereocenters. The molecular formula is C13H15N3O. The predicted molar refractivity (Wildman–Crippen MR) is 66.4 cm³/mol. The number of imidazole rings is 1. The Hall–Kier alpha value is -1.81. The van der Waals surface area contributed by atoms with Crippen LogP contribution < -0.4 is 5.73 Å². The molecule has 0 radical (unpaired) electrons. The maximum absolute atomic E-state index is 9.73. The molecule has 2 aromatic rings. The molecule has 0 spiro atoms. The zero-order chi connectivity index (χ0) is 11.8. The highest BCUT2D eigenvalue weighted by Crippen LogP contribution is 2.25. The number of fused-ring (bicyclic) bond motifs is 1. The number of aryl methyl sites for hydroxylation is 1. The Balaban J connectivity index is 2.07. The SMILES string of the molecule is Nc1cccc(-c2ncc3n2CC(O)CC3)c1. The van der Waals surface area contributed by atoms with Crippen molar-refractivity contribution in [2.45, 2.75) is 25.5 Å². The molecule has 4 heteroatoms. The fourth-order valence-corrected chi connectivity index (χ4v) is 2.34. The van der Waals surface area contributed by atoms with E-state index in [1.165, 1.54) is 5.69 Å². The van der Waals surface area contributed by atoms with Gasteiger partial charge in [-0.05, 0) is 25.0 Å². The van der Waals surface area contributed by atoms with Crippen molar-refractivity contribution in [1.29, 1.82) is 0 Å². The number of benzene rings is 1. The molecule has 0 fully saturated rings. The lowest BCUT2D eigenvalue weighted by molar-refractivity contribution is 0.132. The van der Waals surface area contributed by atoms with E-state index >= 15 is 0 Å². The lowest BCUT2D eigenvalue weighted by Gasteiger charge is -2.21. The van der Waals surface area contributed by atoms with Crippen LogP contribution in [0.25, 0.3) is 11.4 Å². The van der Waals surface area contributed by atoms with Crippen molar-refractivity contribution in [1.82, 2.24) is 9.55 Å². The number of hydrogen-bond acceptors (Lipinski definition) is 3. The maximum atomic E-state index is 9.73. The van der Waals surface area contributed by atoms with Gasteiger partial charge in [0.25, 0.3) is 0 Å². The predicted octanol–water partition coefficient (Wildman–Crippen LogP) is 1.44. The second-order valence-corrected chi connectivity index (χ2v) is 4.50. The first-order valence-electron chi connectivity index (χ1n) is 5.82. The fraction of sp³-hybridized carbons (Fsp3) is 0.308. The maximum Gasteiger partial charge on any atom is 0.140 e. The highest BCUT2D eigenvalue weighted by atomic mass is 16.3. The first kappa shape index (κ1) is 10.4. The van der Waals surface area contributed by atoms with Crippen LogP contribution in [-0.2, 0) is 13.0 Å². The minimum absolute atomic E-state index is 0.267. The third-order valence-corrected chi connectivity index (χ3v) is 3.21. The number of nitrogens with two attached hydrogens (primary N) is 1. The second-order valence-electron chi connectivity index (χ2n) is 4.50. The van der Waals surface area contributed by atoms with Gasteiger partial charge in [-0.25, -0.2) is 4.98 Å². The summed E-state index contributed by atoms with van der Waals surface area (Å²) in [6.07, 6.45) is 3.33. The molecule has 0 aliphatic carbocycles. The molecule has 2 heterocycles. The van der Waals surface area contributed by atoms with E-state index < -0.39 is 0 Å². The van der Waals surface area contributed by atoms with Crippen molar-refractivity contribution < 1.29 is 5.11 Å². The van der Waals surface area contributed by atoms with E-state index in [0.29, 0.717) is 6.54 Å². The molecule has 0 saturated carbocycles. The van der Waals surface area contributed by atoms with Crippen molar-refractivity contribution in [2.75, 3.05) is 5.73 Å². The summed E-state index contributed by atoms with van der Waals surface area (Å²) in [5.74, 6) is 0.894. The van der Waals surface area contributed by atoms with Crippen LogP contribution in [0.4, 0.5) is 5.69 Å². The van der Waals surface area contributed by atoms with Crippen molar-refractivity contribution >= 4 is 5.69 Å². The molecule has 1 aromatic carbocycles. The van der Waals surface area contributed by atoms with Crippen LogP contribution in [0.5, 0.6) is 0 Å². The summed E-state index contributed by atoms with van der Waals surface area (Å²) in [4.78, 5) is 4.44. The minimum Gasteiger partial charge on any atom is -0.399 e. The quantitative estimate of drug-likeness (QED) is 0.727. The number of aliphatic hydroxyl groups is 1. The van der Waals surface area contributed by atoms with Crippen LogP contribution in [0.15, 0.2) is 30.5 Å². The van der Waals surface area contributed by atoms with Crippen LogP contribution in [0, 0.1) is 0 Å². The summed E-state index contributed by atoms with van der Waals surface area (Å²) >= 11 is 0. The molecule has 4 nitrogen and oxygen atoms in total. The van der Waals surface area contributed by atoms with Gasteiger partial charge in [0, 0.05) is 23.1 Å². The van der Waals surface area contributed by atoms with Crippen LogP contribution in [0.3, 0.4) is 0 Å². The van der Waals surface area contributed by atoms with Crippen molar-refractivity contribution in [2.24, 2.45) is 0 Å². The second kappa shape index (κ2) is 3.89. The van der Waals surface area contributed by atoms with Crippen LogP contribution in [0.1, 0.15) is 12.1 Å². The Morgan fingerprint density at radius 3 is 3.12 bits per heavy atom. The molecule has 88 valence electrons. The molecular weight excluding hydrogens is 214 g/mol. The van der Waals surface area contributed by atoms with E-state index in [1.54, 1.807) is 0 Å². The Bertz CT molecular complexity index is 547. The van der Waals surface area contributed by atoms with Crippen molar-refractivity contribution in [3.8, 4) is 11.4 Å². The summed E-state index contributed by atoms with van der Waals surface area (Å²) in [6.45, 7) is 0.624. The lowest BCUT2D eigenvalue weighted by atomic mass is 10.1. The van der Waals surface area contributed by atoms with Gasteiger partial charge < -0.3 is 15.4 Å². The van der Waals surface area contributed by atoms with E-state index in [-0.39, 0.29) is 6.10 Å². The van der Waals surface area contributed by atoms with Crippen LogP contribution in [-0.4, -0.2) is 20.8 Å². The molecule has 1 aliphatic heterocycles. The first-order valence-corrected chi connectivity index (χ1v) is 5.82. The molecule has 0 amide bonds. The summed E-state index contributed by atoms with van der Waals surface area (Å²) < 4.78 is 2.09. The Morgan fingerprint density at radius 2 is 2.29 bits per heavy atom. The van der Waals surface area contributed by atoms with Gasteiger partial charge in [-0.3, -0.25) is 0 Å². The first-order chi connectivity index (χ1) is 8.24. The zero-order valence-electron chi connectivity index (χ0n) is 9.50. The van der Waals surface area contributed by atoms with Gasteiger partial charge in [-0.2, -0.15) is 0 Å². The Labute approximate surface area is 99.7 Å². The van der Waals surface area contributed by atoms with Gasteiger partial charge in [-0.15, -0.1) is 0 Å². The smallest absolute Gasteiger partial charge is 0.140 e. The zero-order valence-corrected chi connectivity index (χ0v) is 9.50. The van der Waals surface area contributed by atoms with Crippen LogP contribution >= 0.6 is 0 Å². The van der Waals surface area contributed by atoms with Crippen LogP contribution in [0.2, 0.25) is 0 Å². The fourth-order valence-electron chi connectivity index (χ4n) is 2.34. The van der Waals surface area contributed by atoms with Gasteiger partial charge in [-0.1, -0.05) is 12.1 Å². The van der Waals surface area contributed by atoms with Gasteiger partial charge >= 0.3 is 0 Å². The van der Waals surface area contributed by atoms with E-state index in [2.05, 4.69) is 9.55 Å². The number of rotatable bonds is 1. The van der Waals surface area contributed by atoms with Gasteiger partial charge in [0.2, 0.25) is 0 Å². The molecule has 1 aliphatic rings. The Kier molecular flexibility index (Phi) is 2.37. The normalized spacial score (nSPS) is 19.0. The number of aromatic nitrogens is 2. The summed E-state index contributed by atoms with van der Waals surface area (Å²) in [6, 6.07) is 7.69. The standard InChI is InChI=1S/C13H15N3O/c14-10-3-1-2-9(6-10)13-15-7-11-4-5-12(17)8-16(11)13/h1-3,6-7,12,17H,4-5,8,14H2. The molecule has 1 atom stereocenters. The number of nitrogen functional groups attached to an aromatic ring is 1. The molecule has 1 aromatic heterocycles. The average molecular weight is 229 g/mol. The Morgan fingerprint density at radius 1 is 1.41 bits per heavy atom. The minimum atomic E-state index is -0.267. The van der Waals surface area contributed by atoms with Crippen molar-refractivity contribution in [3.63, 3.8) is 0 Å². The summed E-state index contributed by atoms with van der Waals surface area (Å²) in [7, 11) is 0. The molecule has 0 saturated heterocycles. The van der Waals surface area contributed by atoms with Gasteiger partial charge in [0.05, 0.1) is 12.6 Å². The van der Waals surface area contributed by atoms with Crippen molar-refractivity contribution in [3.05, 3.63) is 36.2 Å². The van der Waals surface area contributed by atoms with E-state index in [4.69, 9.17) is 5.73 Å². The van der Waals surface area contributed by atoms with Gasteiger partial charge in [0.1, 0.15) is 5.82 Å². The largest absolute Gasteiger partial charge is 0.399 e. The lowest BCUT2D eigenvalue weighted by Crippen LogP contribution is -2.24. The topological polar surface area (TPSA) is 64.1 Å². The van der Waals surface area contributed by atoms with Gasteiger partial charge in [0.15, 0.2) is 0 Å². The van der Waals surface area contributed by atoms with E-state index in [0.717, 1.165) is 29.9 Å². The average Bonchev–Trinajstić information content (AvgIpc) is 2.71. The third kappa shape index (κ3) is 1.80. The third-order valence-electron chi connectivity index (χ3n) is 3.21. The highest BCUT2D eigenvalue weighted by molar-refractivity contribution is 5.62. The molecule has 3 N–H and O–H groups in total. The molecule has 3 rings (SSSR count). The summed E-state index contributed by atoms with van der Waals surface area (Å²) in [5, 5.41) is 9.73. The number of aliphatic hydroxyl groups excluding tert-OH is 1. The molecule has 17 heavy (non-hydrogen) atoms. The highest BCUT2D eigenvalue weighted by Gasteiger charge is 2.20.